The molecule has 42 heavy (non-hydrogen) atoms. The fraction of sp³-hybridized carbons (Fsp3) is 0.241. The summed E-state index contributed by atoms with van der Waals surface area (Å²) < 4.78 is 19.2. The minimum absolute atomic E-state index is 0.0277. The maximum atomic E-state index is 13.8. The van der Waals surface area contributed by atoms with Crippen LogP contribution in [0, 0.1) is 5.82 Å². The van der Waals surface area contributed by atoms with Gasteiger partial charge in [-0.15, -0.1) is 0 Å². The molecule has 2 aromatic carbocycles. The van der Waals surface area contributed by atoms with Crippen LogP contribution in [0.2, 0.25) is 5.02 Å². The number of pyridine rings is 1. The zero-order chi connectivity index (χ0) is 29.9. The van der Waals surface area contributed by atoms with Crippen molar-refractivity contribution in [2.45, 2.75) is 32.0 Å². The Kier molecular flexibility index (Phi) is 10.5. The number of anilines is 1. The van der Waals surface area contributed by atoms with Crippen LogP contribution in [0.5, 0.6) is 0 Å². The first-order valence-corrected chi connectivity index (χ1v) is 13.4. The van der Waals surface area contributed by atoms with Crippen LogP contribution in [0.4, 0.5) is 19.8 Å². The number of urea groups is 1. The van der Waals surface area contributed by atoms with Gasteiger partial charge < -0.3 is 20.3 Å². The normalized spacial score (nSPS) is 11.4. The number of hydrogen-bond acceptors (Lipinski definition) is 7. The summed E-state index contributed by atoms with van der Waals surface area (Å²) in [6.07, 6.45) is 5.69. The molecule has 11 nitrogen and oxygen atoms in total. The SMILES string of the molecule is CN(C(=O)NCc1cccc(F)c1Cl)[C@@H](CCC(=O)NCc1cnccn1)COC(=O)Nc1cc2ccccc2cn1. The molecule has 4 aromatic rings. The van der Waals surface area contributed by atoms with Gasteiger partial charge in [0.15, 0.2) is 0 Å². The third-order valence-corrected chi connectivity index (χ3v) is 6.81. The lowest BCUT2D eigenvalue weighted by Gasteiger charge is -2.28. The van der Waals surface area contributed by atoms with Gasteiger partial charge in [-0.25, -0.2) is 19.0 Å². The second kappa shape index (κ2) is 14.7. The number of amides is 4. The lowest BCUT2D eigenvalue weighted by Crippen LogP contribution is -2.46. The molecule has 2 heterocycles. The van der Waals surface area contributed by atoms with E-state index in [-0.39, 0.29) is 43.5 Å². The van der Waals surface area contributed by atoms with E-state index in [1.807, 2.05) is 24.3 Å². The lowest BCUT2D eigenvalue weighted by molar-refractivity contribution is -0.121. The molecule has 0 saturated heterocycles. The monoisotopic (exact) mass is 593 g/mol. The van der Waals surface area contributed by atoms with Crippen LogP contribution >= 0.6 is 11.6 Å². The molecule has 0 aliphatic heterocycles. The third kappa shape index (κ3) is 8.58. The fourth-order valence-electron chi connectivity index (χ4n) is 4.00. The Labute approximate surface area is 246 Å². The molecule has 0 fully saturated rings. The van der Waals surface area contributed by atoms with Crippen LogP contribution in [0.15, 0.2) is 73.3 Å². The minimum atomic E-state index is -0.768. The van der Waals surface area contributed by atoms with E-state index < -0.39 is 24.0 Å². The summed E-state index contributed by atoms with van der Waals surface area (Å²) >= 11 is 6.00. The molecule has 4 amide bonds. The smallest absolute Gasteiger partial charge is 0.412 e. The molecule has 2 aromatic heterocycles. The Bertz CT molecular complexity index is 1540. The van der Waals surface area contributed by atoms with Gasteiger partial charge >= 0.3 is 12.1 Å². The molecule has 0 aliphatic carbocycles. The molecule has 0 aliphatic rings. The number of rotatable bonds is 11. The van der Waals surface area contributed by atoms with Crippen LogP contribution in [0.3, 0.4) is 0 Å². The first kappa shape index (κ1) is 30.1. The molecule has 0 saturated carbocycles. The molecule has 13 heteroatoms. The van der Waals surface area contributed by atoms with Gasteiger partial charge in [0.05, 0.1) is 29.5 Å². The summed E-state index contributed by atoms with van der Waals surface area (Å²) in [5.41, 5.74) is 0.995. The molecule has 4 rings (SSSR count). The third-order valence-electron chi connectivity index (χ3n) is 6.39. The largest absolute Gasteiger partial charge is 0.447 e. The number of benzene rings is 2. The van der Waals surface area contributed by atoms with Gasteiger partial charge in [-0.2, -0.15) is 0 Å². The summed E-state index contributed by atoms with van der Waals surface area (Å²) in [7, 11) is 1.51. The number of hydrogen-bond donors (Lipinski definition) is 3. The summed E-state index contributed by atoms with van der Waals surface area (Å²) in [4.78, 5) is 51.7. The highest BCUT2D eigenvalue weighted by Crippen LogP contribution is 2.20. The molecule has 0 unspecified atom stereocenters. The molecule has 0 bridgehead atoms. The summed E-state index contributed by atoms with van der Waals surface area (Å²) in [6, 6.07) is 12.4. The predicted octanol–water partition coefficient (Wildman–Crippen LogP) is 4.67. The molecule has 0 spiro atoms. The Morgan fingerprint density at radius 3 is 2.60 bits per heavy atom. The average Bonchev–Trinajstić information content (AvgIpc) is 3.00. The maximum Gasteiger partial charge on any atom is 0.412 e. The molecule has 1 atom stereocenters. The van der Waals surface area contributed by atoms with E-state index in [1.165, 1.54) is 36.5 Å². The second-order valence-electron chi connectivity index (χ2n) is 9.29. The van der Waals surface area contributed by atoms with E-state index in [1.54, 1.807) is 24.5 Å². The van der Waals surface area contributed by atoms with E-state index in [2.05, 4.69) is 30.9 Å². The van der Waals surface area contributed by atoms with E-state index >= 15 is 0 Å². The average molecular weight is 594 g/mol. The second-order valence-corrected chi connectivity index (χ2v) is 9.67. The number of fused-ring (bicyclic) bond motifs is 1. The van der Waals surface area contributed by atoms with Crippen molar-refractivity contribution >= 4 is 46.2 Å². The summed E-state index contributed by atoms with van der Waals surface area (Å²) in [5, 5.41) is 9.74. The van der Waals surface area contributed by atoms with Crippen molar-refractivity contribution < 1.29 is 23.5 Å². The van der Waals surface area contributed by atoms with Gasteiger partial charge in [0.2, 0.25) is 5.91 Å². The lowest BCUT2D eigenvalue weighted by atomic mass is 10.1. The van der Waals surface area contributed by atoms with Crippen LogP contribution in [0.1, 0.15) is 24.1 Å². The summed E-state index contributed by atoms with van der Waals surface area (Å²) in [6.45, 7) is -0.0404. The van der Waals surface area contributed by atoms with E-state index in [4.69, 9.17) is 16.3 Å². The van der Waals surface area contributed by atoms with E-state index in [9.17, 15) is 18.8 Å². The van der Waals surface area contributed by atoms with Crippen molar-refractivity contribution in [2.24, 2.45) is 0 Å². The van der Waals surface area contributed by atoms with E-state index in [0.29, 0.717) is 17.1 Å². The Morgan fingerprint density at radius 2 is 1.81 bits per heavy atom. The number of aromatic nitrogens is 3. The highest BCUT2D eigenvalue weighted by molar-refractivity contribution is 6.31. The molecular weight excluding hydrogens is 565 g/mol. The predicted molar refractivity (Wildman–Crippen MR) is 155 cm³/mol. The van der Waals surface area contributed by atoms with Crippen molar-refractivity contribution in [1.82, 2.24) is 30.5 Å². The fourth-order valence-corrected chi connectivity index (χ4v) is 4.19. The topological polar surface area (TPSA) is 138 Å². The van der Waals surface area contributed by atoms with Crippen LogP contribution in [-0.2, 0) is 22.6 Å². The van der Waals surface area contributed by atoms with Crippen LogP contribution in [0.25, 0.3) is 10.8 Å². The number of likely N-dealkylation sites (N-methyl/N-ethyl adjacent to an activating group) is 1. The number of nitrogens with one attached hydrogen (secondary N) is 3. The van der Waals surface area contributed by atoms with Gasteiger partial charge in [-0.1, -0.05) is 48.0 Å². The molecule has 0 radical (unpaired) electrons. The first-order chi connectivity index (χ1) is 20.3. The quantitative estimate of drug-likeness (QED) is 0.230. The number of carbonyl (C=O) groups excluding carboxylic acids is 3. The van der Waals surface area contributed by atoms with Crippen LogP contribution < -0.4 is 16.0 Å². The van der Waals surface area contributed by atoms with Crippen molar-refractivity contribution in [3.63, 3.8) is 0 Å². The van der Waals surface area contributed by atoms with E-state index in [0.717, 1.165) is 10.8 Å². The van der Waals surface area contributed by atoms with Gasteiger partial charge in [-0.3, -0.25) is 20.1 Å². The zero-order valence-corrected chi connectivity index (χ0v) is 23.5. The zero-order valence-electron chi connectivity index (χ0n) is 22.7. The summed E-state index contributed by atoms with van der Waals surface area (Å²) in [5.74, 6) is -0.574. The van der Waals surface area contributed by atoms with Crippen molar-refractivity contribution in [3.05, 3.63) is 95.4 Å². The molecule has 218 valence electrons. The van der Waals surface area contributed by atoms with Gasteiger partial charge in [0.25, 0.3) is 0 Å². The number of halogens is 2. The van der Waals surface area contributed by atoms with Gasteiger partial charge in [0, 0.05) is 44.0 Å². The minimum Gasteiger partial charge on any atom is -0.447 e. The maximum absolute atomic E-state index is 13.8. The Morgan fingerprint density at radius 1 is 1.00 bits per heavy atom. The number of ether oxygens (including phenoxy) is 1. The van der Waals surface area contributed by atoms with Gasteiger partial charge in [-0.05, 0) is 29.5 Å². The Hall–Kier alpha value is -4.84. The van der Waals surface area contributed by atoms with Crippen molar-refractivity contribution in [3.8, 4) is 0 Å². The van der Waals surface area contributed by atoms with Crippen LogP contribution in [-0.4, -0.2) is 57.6 Å². The van der Waals surface area contributed by atoms with Crippen molar-refractivity contribution in [2.75, 3.05) is 19.0 Å². The van der Waals surface area contributed by atoms with Crippen molar-refractivity contribution in [1.29, 1.82) is 0 Å². The van der Waals surface area contributed by atoms with Gasteiger partial charge in [0.1, 0.15) is 18.2 Å². The highest BCUT2D eigenvalue weighted by atomic mass is 35.5. The molecular formula is C29H29ClFN7O4. The molecule has 3 N–H and O–H groups in total. The number of nitrogens with zero attached hydrogens (tertiary/aromatic N) is 4. The highest BCUT2D eigenvalue weighted by Gasteiger charge is 2.23. The Balaban J connectivity index is 1.36. The number of carbonyl (C=O) groups is 3. The standard InChI is InChI=1S/C29H29ClFN7O4/c1-38(28(40)36-15-21-7-4-8-24(31)27(21)30)23(9-10-26(39)35-17-22-16-32-11-12-33-22)18-42-29(41)37-25-13-19-5-2-3-6-20(19)14-34-25/h2-8,11-14,16,23H,9-10,15,17-18H2,1H3,(H,35,39)(H,36,40)(H,34,37,41)/t23-/m0/s1. The first-order valence-electron chi connectivity index (χ1n) is 13.0.